The number of nitriles is 1. The van der Waals surface area contributed by atoms with Gasteiger partial charge in [0.15, 0.2) is 5.65 Å². The molecule has 5 rings (SSSR count). The SMILES string of the molecule is Cn1c(=O)c(=O)n(C2CCN(Cc3ccc(OC(F)(F)F)cc3)CC2)c2nc(C#N)c(C3CC3)cc21. The smallest absolute Gasteiger partial charge is 0.406 e. The van der Waals surface area contributed by atoms with Crippen LogP contribution in [0.1, 0.15) is 54.5 Å². The highest BCUT2D eigenvalue weighted by Crippen LogP contribution is 2.42. The van der Waals surface area contributed by atoms with E-state index in [1.165, 1.54) is 21.3 Å². The zero-order valence-electron chi connectivity index (χ0n) is 19.6. The number of piperidine rings is 1. The van der Waals surface area contributed by atoms with Crippen molar-refractivity contribution < 1.29 is 17.9 Å². The predicted octanol–water partition coefficient (Wildman–Crippen LogP) is 3.58. The van der Waals surface area contributed by atoms with Crippen LogP contribution in [0.3, 0.4) is 0 Å². The molecule has 0 N–H and O–H groups in total. The second-order valence-electron chi connectivity index (χ2n) is 9.39. The molecule has 11 heteroatoms. The molecule has 36 heavy (non-hydrogen) atoms. The number of hydrogen-bond acceptors (Lipinski definition) is 6. The van der Waals surface area contributed by atoms with Gasteiger partial charge in [0.1, 0.15) is 17.5 Å². The third-order valence-corrected chi connectivity index (χ3v) is 6.92. The number of rotatable bonds is 5. The molecule has 0 amide bonds. The van der Waals surface area contributed by atoms with Gasteiger partial charge in [0.25, 0.3) is 0 Å². The molecule has 3 heterocycles. The summed E-state index contributed by atoms with van der Waals surface area (Å²) >= 11 is 0. The average molecular weight is 499 g/mol. The molecule has 2 fully saturated rings. The zero-order chi connectivity index (χ0) is 25.6. The molecule has 0 radical (unpaired) electrons. The van der Waals surface area contributed by atoms with E-state index in [4.69, 9.17) is 0 Å². The fourth-order valence-electron chi connectivity index (χ4n) is 4.91. The van der Waals surface area contributed by atoms with Gasteiger partial charge in [0.05, 0.1) is 5.52 Å². The number of aromatic nitrogens is 3. The van der Waals surface area contributed by atoms with Gasteiger partial charge in [0, 0.05) is 32.7 Å². The van der Waals surface area contributed by atoms with Crippen LogP contribution in [0, 0.1) is 11.3 Å². The quantitative estimate of drug-likeness (QED) is 0.499. The molecule has 0 unspecified atom stereocenters. The highest BCUT2D eigenvalue weighted by atomic mass is 19.4. The van der Waals surface area contributed by atoms with Crippen molar-refractivity contribution in [3.63, 3.8) is 0 Å². The van der Waals surface area contributed by atoms with E-state index in [-0.39, 0.29) is 17.7 Å². The molecule has 3 aromatic rings. The van der Waals surface area contributed by atoms with E-state index >= 15 is 0 Å². The van der Waals surface area contributed by atoms with E-state index in [2.05, 4.69) is 20.7 Å². The van der Waals surface area contributed by atoms with Crippen LogP contribution in [0.4, 0.5) is 13.2 Å². The lowest BCUT2D eigenvalue weighted by molar-refractivity contribution is -0.274. The summed E-state index contributed by atoms with van der Waals surface area (Å²) in [5.74, 6) is 0.000287. The van der Waals surface area contributed by atoms with Crippen LogP contribution in [-0.4, -0.2) is 38.5 Å². The van der Waals surface area contributed by atoms with Gasteiger partial charge in [-0.15, -0.1) is 13.2 Å². The van der Waals surface area contributed by atoms with Crippen LogP contribution in [-0.2, 0) is 13.6 Å². The first kappa shape index (κ1) is 24.1. The molecule has 1 aliphatic heterocycles. The van der Waals surface area contributed by atoms with E-state index in [0.717, 1.165) is 24.0 Å². The van der Waals surface area contributed by atoms with Gasteiger partial charge in [-0.1, -0.05) is 12.1 Å². The highest BCUT2D eigenvalue weighted by Gasteiger charge is 2.32. The minimum absolute atomic E-state index is 0.251. The summed E-state index contributed by atoms with van der Waals surface area (Å²) in [6.45, 7) is 1.78. The minimum Gasteiger partial charge on any atom is -0.406 e. The molecule has 0 bridgehead atoms. The van der Waals surface area contributed by atoms with Gasteiger partial charge in [-0.2, -0.15) is 5.26 Å². The summed E-state index contributed by atoms with van der Waals surface area (Å²) in [5.41, 5.74) is 1.58. The van der Waals surface area contributed by atoms with Crippen molar-refractivity contribution in [1.82, 2.24) is 19.0 Å². The van der Waals surface area contributed by atoms with Crippen LogP contribution < -0.4 is 15.9 Å². The van der Waals surface area contributed by atoms with E-state index in [1.807, 2.05) is 6.07 Å². The molecule has 0 spiro atoms. The van der Waals surface area contributed by atoms with Crippen LogP contribution in [0.2, 0.25) is 0 Å². The summed E-state index contributed by atoms with van der Waals surface area (Å²) in [6.07, 6.45) is -1.60. The van der Waals surface area contributed by atoms with E-state index in [1.54, 1.807) is 19.2 Å². The van der Waals surface area contributed by atoms with Gasteiger partial charge in [0.2, 0.25) is 0 Å². The first-order valence-corrected chi connectivity index (χ1v) is 11.8. The molecule has 8 nitrogen and oxygen atoms in total. The molecular formula is C25H24F3N5O3. The van der Waals surface area contributed by atoms with Crippen molar-refractivity contribution in [3.8, 4) is 11.8 Å². The topological polar surface area (TPSA) is 93.2 Å². The van der Waals surface area contributed by atoms with E-state index in [9.17, 15) is 28.0 Å². The molecule has 1 saturated carbocycles. The fraction of sp³-hybridized carbons (Fsp3) is 0.440. The Balaban J connectivity index is 1.36. The van der Waals surface area contributed by atoms with Crippen LogP contribution in [0.5, 0.6) is 5.75 Å². The van der Waals surface area contributed by atoms with Gasteiger partial charge in [-0.25, -0.2) is 4.98 Å². The summed E-state index contributed by atoms with van der Waals surface area (Å²) in [4.78, 5) is 32.5. The summed E-state index contributed by atoms with van der Waals surface area (Å²) in [6, 6.07) is 9.49. The molecule has 188 valence electrons. The number of likely N-dealkylation sites (tertiary alicyclic amines) is 1. The monoisotopic (exact) mass is 499 g/mol. The minimum atomic E-state index is -4.73. The van der Waals surface area contributed by atoms with Crippen molar-refractivity contribution in [2.24, 2.45) is 7.05 Å². The molecular weight excluding hydrogens is 475 g/mol. The second-order valence-corrected chi connectivity index (χ2v) is 9.39. The number of hydrogen-bond donors (Lipinski definition) is 0. The van der Waals surface area contributed by atoms with Gasteiger partial charge in [-0.3, -0.25) is 19.1 Å². The maximum atomic E-state index is 13.0. The molecule has 2 aliphatic rings. The van der Waals surface area contributed by atoms with Crippen molar-refractivity contribution in [2.75, 3.05) is 13.1 Å². The van der Waals surface area contributed by atoms with E-state index in [0.29, 0.717) is 49.3 Å². The first-order chi connectivity index (χ1) is 17.1. The van der Waals surface area contributed by atoms with Crippen LogP contribution in [0.15, 0.2) is 39.9 Å². The summed E-state index contributed by atoms with van der Waals surface area (Å²) < 4.78 is 43.8. The van der Waals surface area contributed by atoms with Gasteiger partial charge in [-0.05, 0) is 60.9 Å². The molecule has 1 aliphatic carbocycles. The average Bonchev–Trinajstić information content (AvgIpc) is 3.69. The maximum Gasteiger partial charge on any atom is 0.573 e. The van der Waals surface area contributed by atoms with Gasteiger partial charge >= 0.3 is 17.5 Å². The Morgan fingerprint density at radius 3 is 2.33 bits per heavy atom. The number of aryl methyl sites for hydroxylation is 1. The Bertz CT molecular complexity index is 1460. The van der Waals surface area contributed by atoms with Crippen molar-refractivity contribution in [1.29, 1.82) is 5.26 Å². The number of halogens is 3. The zero-order valence-corrected chi connectivity index (χ0v) is 19.6. The largest absolute Gasteiger partial charge is 0.573 e. The first-order valence-electron chi connectivity index (χ1n) is 11.8. The molecule has 0 atom stereocenters. The number of ether oxygens (including phenoxy) is 1. The van der Waals surface area contributed by atoms with Gasteiger partial charge < -0.3 is 9.30 Å². The Morgan fingerprint density at radius 1 is 1.08 bits per heavy atom. The van der Waals surface area contributed by atoms with Crippen molar-refractivity contribution in [2.45, 2.75) is 50.6 Å². The third kappa shape index (κ3) is 4.73. The fourth-order valence-corrected chi connectivity index (χ4v) is 4.91. The predicted molar refractivity (Wildman–Crippen MR) is 125 cm³/mol. The van der Waals surface area contributed by atoms with Crippen LogP contribution in [0.25, 0.3) is 11.2 Å². The lowest BCUT2D eigenvalue weighted by Crippen LogP contribution is -2.45. The number of fused-ring (bicyclic) bond motifs is 1. The lowest BCUT2D eigenvalue weighted by atomic mass is 10.0. The highest BCUT2D eigenvalue weighted by molar-refractivity contribution is 5.73. The van der Waals surface area contributed by atoms with Crippen molar-refractivity contribution in [3.05, 3.63) is 67.9 Å². The van der Waals surface area contributed by atoms with Crippen molar-refractivity contribution >= 4 is 11.2 Å². The Hall–Kier alpha value is -3.65. The molecule has 1 aromatic carbocycles. The maximum absolute atomic E-state index is 13.0. The third-order valence-electron chi connectivity index (χ3n) is 6.92. The van der Waals surface area contributed by atoms with Crippen LogP contribution >= 0.6 is 0 Å². The molecule has 1 saturated heterocycles. The number of nitrogens with zero attached hydrogens (tertiary/aromatic N) is 5. The lowest BCUT2D eigenvalue weighted by Gasteiger charge is -2.33. The van der Waals surface area contributed by atoms with E-state index < -0.39 is 17.5 Å². The second kappa shape index (κ2) is 9.09. The number of alkyl halides is 3. The Labute approximate surface area is 204 Å². The Morgan fingerprint density at radius 2 is 1.75 bits per heavy atom. The summed E-state index contributed by atoms with van der Waals surface area (Å²) in [7, 11) is 1.55. The normalized spacial score (nSPS) is 17.3. The summed E-state index contributed by atoms with van der Waals surface area (Å²) in [5, 5.41) is 9.66. The standard InChI is InChI=1S/C25H24F3N5O3/c1-31-21-12-19(16-4-5-16)20(13-29)30-22(21)33(24(35)23(31)34)17-8-10-32(11-9-17)14-15-2-6-18(7-3-15)36-25(26,27)28/h2-3,6-7,12,16-17H,4-5,8-11,14H2,1H3. The number of benzene rings is 1. The number of pyridine rings is 1. The molecule has 2 aromatic heterocycles. The Kier molecular flexibility index (Phi) is 6.08.